The van der Waals surface area contributed by atoms with Crippen molar-refractivity contribution in [3.8, 4) is 0 Å². The summed E-state index contributed by atoms with van der Waals surface area (Å²) in [5.74, 6) is -3.21. The SMILES string of the molecule is C=C1c2ccccc2CC(C(=O)OC)(C(=O)OC)C1CCC(C)(OO[Si](CC)(CC)CC)OO[Si](CC)(CC)CC. The van der Waals surface area contributed by atoms with Gasteiger partial charge < -0.3 is 9.47 Å². The van der Waals surface area contributed by atoms with Gasteiger partial charge in [0.05, 0.1) is 14.2 Å². The Balaban J connectivity index is 2.53. The van der Waals surface area contributed by atoms with Gasteiger partial charge in [-0.15, -0.1) is 0 Å². The predicted octanol–water partition coefficient (Wildman–Crippen LogP) is 7.61. The predicted molar refractivity (Wildman–Crippen MR) is 166 cm³/mol. The van der Waals surface area contributed by atoms with Gasteiger partial charge in [-0.05, 0) is 66.3 Å². The summed E-state index contributed by atoms with van der Waals surface area (Å²) in [4.78, 5) is 39.3. The van der Waals surface area contributed by atoms with E-state index in [4.69, 9.17) is 28.4 Å². The van der Waals surface area contributed by atoms with Crippen LogP contribution in [0.4, 0.5) is 0 Å². The van der Waals surface area contributed by atoms with Gasteiger partial charge in [0, 0.05) is 18.8 Å². The van der Waals surface area contributed by atoms with Gasteiger partial charge in [0.15, 0.2) is 5.41 Å². The van der Waals surface area contributed by atoms with E-state index in [1.807, 2.05) is 31.2 Å². The summed E-state index contributed by atoms with van der Waals surface area (Å²) in [7, 11) is -1.70. The highest BCUT2D eigenvalue weighted by atomic mass is 28.4. The van der Waals surface area contributed by atoms with E-state index < -0.39 is 45.7 Å². The molecule has 1 unspecified atom stereocenters. The van der Waals surface area contributed by atoms with E-state index in [0.29, 0.717) is 12.0 Å². The number of esters is 2. The molecule has 0 bridgehead atoms. The second kappa shape index (κ2) is 15.1. The normalized spacial score (nSPS) is 17.2. The van der Waals surface area contributed by atoms with Crippen molar-refractivity contribution < 1.29 is 38.0 Å². The minimum Gasteiger partial charge on any atom is -0.468 e. The third-order valence-electron chi connectivity index (χ3n) is 9.49. The maximum atomic E-state index is 13.5. The Morgan fingerprint density at radius 3 is 1.71 bits per heavy atom. The van der Waals surface area contributed by atoms with Gasteiger partial charge in [-0.3, -0.25) is 18.7 Å². The number of rotatable bonds is 17. The molecule has 1 aliphatic carbocycles. The van der Waals surface area contributed by atoms with E-state index in [-0.39, 0.29) is 12.8 Å². The first kappa shape index (κ1) is 35.4. The van der Waals surface area contributed by atoms with Crippen molar-refractivity contribution in [2.75, 3.05) is 14.2 Å². The minimum atomic E-state index is -2.14. The molecule has 0 saturated carbocycles. The smallest absolute Gasteiger partial charge is 0.324 e. The number of carbonyl (C=O) groups excluding carboxylic acids is 2. The Bertz CT molecular complexity index is 978. The molecule has 1 aromatic carbocycles. The Kier molecular flexibility index (Phi) is 13.0. The van der Waals surface area contributed by atoms with Crippen molar-refractivity contribution in [1.82, 2.24) is 0 Å². The highest BCUT2D eigenvalue weighted by Crippen LogP contribution is 2.50. The van der Waals surface area contributed by atoms with E-state index in [0.717, 1.165) is 47.4 Å². The second-order valence-electron chi connectivity index (χ2n) is 11.4. The zero-order chi connectivity index (χ0) is 30.9. The van der Waals surface area contributed by atoms with E-state index in [1.54, 1.807) is 0 Å². The zero-order valence-electron chi connectivity index (χ0n) is 26.7. The number of benzene rings is 1. The lowest BCUT2D eigenvalue weighted by Gasteiger charge is -2.43. The molecule has 2 rings (SSSR count). The molecule has 0 N–H and O–H groups in total. The number of hydrogen-bond donors (Lipinski definition) is 0. The number of carbonyl (C=O) groups is 2. The molecule has 0 heterocycles. The minimum absolute atomic E-state index is 0.146. The molecule has 10 heteroatoms. The molecule has 8 nitrogen and oxygen atoms in total. The molecule has 232 valence electrons. The quantitative estimate of drug-likeness (QED) is 0.0446. The first-order valence-electron chi connectivity index (χ1n) is 15.1. The van der Waals surface area contributed by atoms with Crippen LogP contribution in [0.1, 0.15) is 72.4 Å². The topological polar surface area (TPSA) is 89.5 Å². The maximum absolute atomic E-state index is 13.5. The molecule has 0 spiro atoms. The summed E-state index contributed by atoms with van der Waals surface area (Å²) < 4.78 is 23.0. The largest absolute Gasteiger partial charge is 0.468 e. The van der Waals surface area contributed by atoms with Crippen LogP contribution in [0, 0.1) is 11.3 Å². The van der Waals surface area contributed by atoms with Crippen LogP contribution in [-0.4, -0.2) is 48.6 Å². The first-order valence-corrected chi connectivity index (χ1v) is 20.2. The first-order chi connectivity index (χ1) is 19.4. The number of hydrogen-bond acceptors (Lipinski definition) is 8. The molecule has 1 aromatic rings. The Hall–Kier alpha value is -1.83. The average Bonchev–Trinajstić information content (AvgIpc) is 3.01. The van der Waals surface area contributed by atoms with E-state index in [9.17, 15) is 9.59 Å². The van der Waals surface area contributed by atoms with Crippen molar-refractivity contribution in [2.45, 2.75) is 110 Å². The molecule has 0 saturated heterocycles. The van der Waals surface area contributed by atoms with Crippen LogP contribution in [0.25, 0.3) is 5.57 Å². The Morgan fingerprint density at radius 1 is 0.854 bits per heavy atom. The number of allylic oxidation sites excluding steroid dienone is 1. The summed E-state index contributed by atoms with van der Waals surface area (Å²) in [6.45, 7) is 19.0. The van der Waals surface area contributed by atoms with E-state index in [1.165, 1.54) is 14.2 Å². The Labute approximate surface area is 249 Å². The molecule has 0 amide bonds. The van der Waals surface area contributed by atoms with Crippen LogP contribution < -0.4 is 0 Å². The second-order valence-corrected chi connectivity index (χ2v) is 20.7. The van der Waals surface area contributed by atoms with E-state index in [2.05, 4.69) is 48.1 Å². The van der Waals surface area contributed by atoms with Gasteiger partial charge in [-0.2, -0.15) is 0 Å². The lowest BCUT2D eigenvalue weighted by Crippen LogP contribution is -2.52. The molecule has 0 aromatic heterocycles. The highest BCUT2D eigenvalue weighted by Gasteiger charge is 2.58. The summed E-state index contributed by atoms with van der Waals surface area (Å²) >= 11 is 0. The molecule has 0 aliphatic heterocycles. The monoisotopic (exact) mass is 608 g/mol. The summed E-state index contributed by atoms with van der Waals surface area (Å²) in [6, 6.07) is 13.1. The lowest BCUT2D eigenvalue weighted by atomic mass is 9.60. The average molecular weight is 609 g/mol. The number of fused-ring (bicyclic) bond motifs is 1. The third-order valence-corrected chi connectivity index (χ3v) is 18.1. The van der Waals surface area contributed by atoms with Gasteiger partial charge in [0.2, 0.25) is 22.4 Å². The van der Waals surface area contributed by atoms with Crippen molar-refractivity contribution in [1.29, 1.82) is 0 Å². The van der Waals surface area contributed by atoms with Gasteiger partial charge in [0.25, 0.3) is 0 Å². The van der Waals surface area contributed by atoms with Crippen molar-refractivity contribution in [3.63, 3.8) is 0 Å². The number of methoxy groups -OCH3 is 2. The van der Waals surface area contributed by atoms with Crippen LogP contribution in [0.5, 0.6) is 0 Å². The fourth-order valence-electron chi connectivity index (χ4n) is 5.90. The van der Waals surface area contributed by atoms with Crippen LogP contribution in [0.2, 0.25) is 36.3 Å². The summed E-state index contributed by atoms with van der Waals surface area (Å²) in [5, 5.41) is 0. The Morgan fingerprint density at radius 2 is 1.29 bits per heavy atom. The highest BCUT2D eigenvalue weighted by molar-refractivity contribution is 6.73. The van der Waals surface area contributed by atoms with Gasteiger partial charge in [0.1, 0.15) is 0 Å². The lowest BCUT2D eigenvalue weighted by molar-refractivity contribution is -0.463. The van der Waals surface area contributed by atoms with Gasteiger partial charge >= 0.3 is 11.9 Å². The van der Waals surface area contributed by atoms with E-state index >= 15 is 0 Å². The third kappa shape index (κ3) is 7.40. The molecular formula is C31H52O8Si2. The van der Waals surface area contributed by atoms with Gasteiger partial charge in [-0.25, -0.2) is 9.78 Å². The molecule has 0 fully saturated rings. The number of ether oxygens (including phenoxy) is 2. The fraction of sp³-hybridized carbons (Fsp3) is 0.677. The van der Waals surface area contributed by atoms with Crippen LogP contribution in [-0.2, 0) is 44.4 Å². The van der Waals surface area contributed by atoms with Crippen LogP contribution >= 0.6 is 0 Å². The molecular weight excluding hydrogens is 557 g/mol. The molecule has 0 radical (unpaired) electrons. The summed E-state index contributed by atoms with van der Waals surface area (Å²) in [5.41, 5.74) is 0.841. The standard InChI is InChI=1S/C31H52O8Si2/c1-11-40(12-2,13-3)38-36-30(8,37-39-41(14-4,15-5)16-6)22-21-27-24(7)26-20-18-17-19-25(26)23-31(27,28(32)34-9)29(33)35-10/h17-20,27H,7,11-16,21-23H2,1-6,8-10H3. The molecule has 41 heavy (non-hydrogen) atoms. The molecule has 1 aliphatic rings. The fourth-order valence-corrected chi connectivity index (χ4v) is 10.3. The van der Waals surface area contributed by atoms with Crippen LogP contribution in [0.3, 0.4) is 0 Å². The van der Waals surface area contributed by atoms with Crippen molar-refractivity contribution in [2.24, 2.45) is 11.3 Å². The van der Waals surface area contributed by atoms with Crippen molar-refractivity contribution in [3.05, 3.63) is 42.0 Å². The maximum Gasteiger partial charge on any atom is 0.324 e. The van der Waals surface area contributed by atoms with Crippen LogP contribution in [0.15, 0.2) is 30.8 Å². The van der Waals surface area contributed by atoms with Gasteiger partial charge in [-0.1, -0.05) is 72.4 Å². The summed E-state index contributed by atoms with van der Waals surface area (Å²) in [6.07, 6.45) is 0.739. The molecule has 1 atom stereocenters. The zero-order valence-corrected chi connectivity index (χ0v) is 28.7. The van der Waals surface area contributed by atoms with Crippen molar-refractivity contribution >= 4 is 34.1 Å².